The fraction of sp³-hybridized carbons (Fsp3) is 0.769. The Morgan fingerprint density at radius 1 is 1.20 bits per heavy atom. The molecule has 3 N–H and O–H groups in total. The molecule has 0 radical (unpaired) electrons. The smallest absolute Gasteiger partial charge is 0.303 e. The zero-order valence-corrected chi connectivity index (χ0v) is 12.4. The Balaban J connectivity index is 2.15. The molecule has 1 heterocycles. The lowest BCUT2D eigenvalue weighted by molar-refractivity contribution is -0.138. The highest BCUT2D eigenvalue weighted by molar-refractivity contribution is 7.99. The lowest BCUT2D eigenvalue weighted by atomic mass is 9.92. The van der Waals surface area contributed by atoms with E-state index < -0.39 is 5.97 Å². The van der Waals surface area contributed by atoms with E-state index >= 15 is 0 Å². The van der Waals surface area contributed by atoms with E-state index in [-0.39, 0.29) is 24.0 Å². The standard InChI is InChI=1S/C13H22N2O4S/c14-11(16)9-20-8-5-12(17)15-6-3-10(4-7-15)1-2-13(18)19/h10H,1-9H2,(H2,14,16)(H,18,19). The molecule has 1 aliphatic rings. The van der Waals surface area contributed by atoms with Crippen molar-refractivity contribution in [1.82, 2.24) is 4.90 Å². The molecule has 7 heteroatoms. The Hall–Kier alpha value is -1.24. The van der Waals surface area contributed by atoms with Gasteiger partial charge in [-0.05, 0) is 25.2 Å². The molecule has 0 aromatic rings. The first-order chi connectivity index (χ1) is 9.49. The molecule has 0 aromatic carbocycles. The Bertz CT molecular complexity index is 354. The molecule has 0 unspecified atom stereocenters. The molecule has 0 bridgehead atoms. The van der Waals surface area contributed by atoms with Gasteiger partial charge in [-0.2, -0.15) is 11.8 Å². The van der Waals surface area contributed by atoms with E-state index in [1.165, 1.54) is 11.8 Å². The first kappa shape index (κ1) is 16.8. The minimum absolute atomic E-state index is 0.110. The number of aliphatic carboxylic acids is 1. The van der Waals surface area contributed by atoms with Gasteiger partial charge in [0.1, 0.15) is 0 Å². The predicted molar refractivity (Wildman–Crippen MR) is 77.3 cm³/mol. The molecule has 0 aliphatic carbocycles. The number of carboxylic acids is 1. The number of carboxylic acid groups (broad SMARTS) is 1. The van der Waals surface area contributed by atoms with Gasteiger partial charge in [0.15, 0.2) is 0 Å². The van der Waals surface area contributed by atoms with E-state index in [2.05, 4.69) is 0 Å². The number of amides is 2. The molecule has 1 rings (SSSR count). The van der Waals surface area contributed by atoms with Crippen molar-refractivity contribution in [3.63, 3.8) is 0 Å². The summed E-state index contributed by atoms with van der Waals surface area (Å²) in [5.74, 6) is 0.278. The van der Waals surface area contributed by atoms with E-state index in [0.717, 1.165) is 12.8 Å². The summed E-state index contributed by atoms with van der Waals surface area (Å²) in [5.41, 5.74) is 5.02. The summed E-state index contributed by atoms with van der Waals surface area (Å²) in [5, 5.41) is 8.64. The number of thioether (sulfide) groups is 1. The van der Waals surface area contributed by atoms with Crippen molar-refractivity contribution in [2.24, 2.45) is 11.7 Å². The van der Waals surface area contributed by atoms with Crippen LogP contribution in [-0.4, -0.2) is 52.4 Å². The maximum absolute atomic E-state index is 11.9. The minimum Gasteiger partial charge on any atom is -0.481 e. The Morgan fingerprint density at radius 2 is 1.85 bits per heavy atom. The molecule has 0 saturated carbocycles. The zero-order valence-electron chi connectivity index (χ0n) is 11.5. The van der Waals surface area contributed by atoms with Crippen LogP contribution >= 0.6 is 11.8 Å². The quantitative estimate of drug-likeness (QED) is 0.643. The van der Waals surface area contributed by atoms with Crippen LogP contribution in [0.2, 0.25) is 0 Å². The molecule has 0 spiro atoms. The van der Waals surface area contributed by atoms with Crippen molar-refractivity contribution < 1.29 is 19.5 Å². The average molecular weight is 302 g/mol. The van der Waals surface area contributed by atoms with Gasteiger partial charge in [-0.25, -0.2) is 0 Å². The Labute approximate surface area is 123 Å². The molecular formula is C13H22N2O4S. The summed E-state index contributed by atoms with van der Waals surface area (Å²) >= 11 is 1.38. The molecular weight excluding hydrogens is 280 g/mol. The first-order valence-corrected chi connectivity index (χ1v) is 8.00. The molecule has 2 amide bonds. The van der Waals surface area contributed by atoms with Crippen LogP contribution in [0.3, 0.4) is 0 Å². The van der Waals surface area contributed by atoms with Gasteiger partial charge >= 0.3 is 5.97 Å². The average Bonchev–Trinajstić information content (AvgIpc) is 2.41. The van der Waals surface area contributed by atoms with Crippen LogP contribution in [0.4, 0.5) is 0 Å². The minimum atomic E-state index is -0.755. The number of nitrogens with two attached hydrogens (primary N) is 1. The third-order valence-electron chi connectivity index (χ3n) is 3.44. The Kier molecular flexibility index (Phi) is 7.43. The summed E-state index contributed by atoms with van der Waals surface area (Å²) in [6.07, 6.45) is 3.10. The second-order valence-corrected chi connectivity index (χ2v) is 6.13. The Morgan fingerprint density at radius 3 is 2.40 bits per heavy atom. The number of rotatable bonds is 8. The summed E-state index contributed by atoms with van der Waals surface area (Å²) in [7, 11) is 0. The number of carbonyl (C=O) groups excluding carboxylic acids is 2. The van der Waals surface area contributed by atoms with Gasteiger partial charge in [0.25, 0.3) is 0 Å². The van der Waals surface area contributed by atoms with Crippen LogP contribution in [0.1, 0.15) is 32.1 Å². The van der Waals surface area contributed by atoms with Gasteiger partial charge in [0.05, 0.1) is 5.75 Å². The molecule has 0 aromatic heterocycles. The zero-order chi connectivity index (χ0) is 15.0. The van der Waals surface area contributed by atoms with E-state index in [1.807, 2.05) is 4.90 Å². The van der Waals surface area contributed by atoms with Crippen molar-refractivity contribution in [1.29, 1.82) is 0 Å². The van der Waals surface area contributed by atoms with Crippen LogP contribution in [0.5, 0.6) is 0 Å². The molecule has 1 aliphatic heterocycles. The normalized spacial score (nSPS) is 16.1. The molecule has 0 atom stereocenters. The highest BCUT2D eigenvalue weighted by Gasteiger charge is 2.22. The molecule has 1 fully saturated rings. The number of nitrogens with zero attached hydrogens (tertiary/aromatic N) is 1. The van der Waals surface area contributed by atoms with Gasteiger partial charge in [-0.15, -0.1) is 0 Å². The van der Waals surface area contributed by atoms with Crippen molar-refractivity contribution in [3.05, 3.63) is 0 Å². The monoisotopic (exact) mass is 302 g/mol. The van der Waals surface area contributed by atoms with Crippen LogP contribution in [0.25, 0.3) is 0 Å². The van der Waals surface area contributed by atoms with Gasteiger partial charge in [-0.3, -0.25) is 14.4 Å². The highest BCUT2D eigenvalue weighted by atomic mass is 32.2. The topological polar surface area (TPSA) is 101 Å². The fourth-order valence-corrected chi connectivity index (χ4v) is 2.95. The van der Waals surface area contributed by atoms with Crippen molar-refractivity contribution in [2.45, 2.75) is 32.1 Å². The first-order valence-electron chi connectivity index (χ1n) is 6.84. The predicted octanol–water partition coefficient (Wildman–Crippen LogP) is 0.698. The number of carbonyl (C=O) groups is 3. The summed E-state index contributed by atoms with van der Waals surface area (Å²) in [6.45, 7) is 1.42. The maximum Gasteiger partial charge on any atom is 0.303 e. The van der Waals surface area contributed by atoms with E-state index in [0.29, 0.717) is 37.6 Å². The third-order valence-corrected chi connectivity index (χ3v) is 4.42. The van der Waals surface area contributed by atoms with Crippen molar-refractivity contribution in [2.75, 3.05) is 24.6 Å². The lowest BCUT2D eigenvalue weighted by Gasteiger charge is -2.32. The number of primary amides is 1. The van der Waals surface area contributed by atoms with Gasteiger partial charge in [-0.1, -0.05) is 0 Å². The molecule has 6 nitrogen and oxygen atoms in total. The van der Waals surface area contributed by atoms with Crippen molar-refractivity contribution in [3.8, 4) is 0 Å². The van der Waals surface area contributed by atoms with E-state index in [4.69, 9.17) is 10.8 Å². The van der Waals surface area contributed by atoms with E-state index in [1.54, 1.807) is 0 Å². The number of hydrogen-bond acceptors (Lipinski definition) is 4. The maximum atomic E-state index is 11.9. The molecule has 114 valence electrons. The third kappa shape index (κ3) is 6.79. The largest absolute Gasteiger partial charge is 0.481 e. The number of hydrogen-bond donors (Lipinski definition) is 2. The number of piperidine rings is 1. The van der Waals surface area contributed by atoms with Gasteiger partial charge in [0.2, 0.25) is 11.8 Å². The molecule has 1 saturated heterocycles. The lowest BCUT2D eigenvalue weighted by Crippen LogP contribution is -2.38. The molecule has 20 heavy (non-hydrogen) atoms. The SMILES string of the molecule is NC(=O)CSCCC(=O)N1CCC(CCC(=O)O)CC1. The van der Waals surface area contributed by atoms with Crippen molar-refractivity contribution >= 4 is 29.5 Å². The number of likely N-dealkylation sites (tertiary alicyclic amines) is 1. The summed E-state index contributed by atoms with van der Waals surface area (Å²) in [6, 6.07) is 0. The van der Waals surface area contributed by atoms with Gasteiger partial charge in [0, 0.05) is 31.7 Å². The van der Waals surface area contributed by atoms with E-state index in [9.17, 15) is 14.4 Å². The van der Waals surface area contributed by atoms with Crippen LogP contribution in [0.15, 0.2) is 0 Å². The van der Waals surface area contributed by atoms with Gasteiger partial charge < -0.3 is 15.7 Å². The highest BCUT2D eigenvalue weighted by Crippen LogP contribution is 2.22. The summed E-state index contributed by atoms with van der Waals surface area (Å²) < 4.78 is 0. The second kappa shape index (κ2) is 8.84. The fourth-order valence-electron chi connectivity index (χ4n) is 2.29. The second-order valence-electron chi connectivity index (χ2n) is 5.03. The van der Waals surface area contributed by atoms with Crippen LogP contribution < -0.4 is 5.73 Å². The van der Waals surface area contributed by atoms with Crippen LogP contribution in [-0.2, 0) is 14.4 Å². The summed E-state index contributed by atoms with van der Waals surface area (Å²) in [4.78, 5) is 34.8. The van der Waals surface area contributed by atoms with Crippen LogP contribution in [0, 0.1) is 5.92 Å².